The van der Waals surface area contributed by atoms with Gasteiger partial charge in [-0.05, 0) is 13.0 Å². The highest BCUT2D eigenvalue weighted by Gasteiger charge is 2.26. The molecule has 0 amide bonds. The lowest BCUT2D eigenvalue weighted by Crippen LogP contribution is -1.99. The molecule has 84 valence electrons. The molecule has 0 bridgehead atoms. The maximum absolute atomic E-state index is 10.9. The van der Waals surface area contributed by atoms with E-state index in [-0.39, 0.29) is 22.9 Å². The van der Waals surface area contributed by atoms with Gasteiger partial charge in [0.25, 0.3) is 0 Å². The Morgan fingerprint density at radius 3 is 2.44 bits per heavy atom. The standard InChI is InChI=1S/C10H10N2O4/c1-6-7(11-2)5-8(15-3)9(12(13)14)10(6)16-4/h5H,1,3-4H3. The number of nitro benzene ring substituents is 1. The first-order valence-electron chi connectivity index (χ1n) is 4.34. The van der Waals surface area contributed by atoms with Gasteiger partial charge in [-0.25, -0.2) is 4.85 Å². The average Bonchev–Trinajstić information content (AvgIpc) is 2.27. The second kappa shape index (κ2) is 4.49. The summed E-state index contributed by atoms with van der Waals surface area (Å²) in [6.07, 6.45) is 0. The molecule has 1 aromatic rings. The summed E-state index contributed by atoms with van der Waals surface area (Å²) < 4.78 is 9.84. The number of hydrogen-bond acceptors (Lipinski definition) is 4. The third-order valence-corrected chi connectivity index (χ3v) is 2.17. The second-order valence-electron chi connectivity index (χ2n) is 2.97. The Labute approximate surface area is 92.4 Å². The van der Waals surface area contributed by atoms with Gasteiger partial charge in [0, 0.05) is 5.56 Å². The summed E-state index contributed by atoms with van der Waals surface area (Å²) >= 11 is 0. The van der Waals surface area contributed by atoms with Gasteiger partial charge in [0.1, 0.15) is 0 Å². The van der Waals surface area contributed by atoms with Gasteiger partial charge < -0.3 is 9.47 Å². The summed E-state index contributed by atoms with van der Waals surface area (Å²) in [7, 11) is 2.63. The summed E-state index contributed by atoms with van der Waals surface area (Å²) in [6.45, 7) is 8.55. The summed E-state index contributed by atoms with van der Waals surface area (Å²) in [6, 6.07) is 1.34. The highest BCUT2D eigenvalue weighted by molar-refractivity contribution is 5.71. The van der Waals surface area contributed by atoms with Gasteiger partial charge in [0.05, 0.1) is 25.7 Å². The van der Waals surface area contributed by atoms with E-state index in [2.05, 4.69) is 4.85 Å². The number of nitro groups is 1. The van der Waals surface area contributed by atoms with E-state index in [4.69, 9.17) is 16.0 Å². The van der Waals surface area contributed by atoms with Crippen LogP contribution in [0, 0.1) is 23.6 Å². The minimum atomic E-state index is -0.585. The van der Waals surface area contributed by atoms with Gasteiger partial charge in [-0.3, -0.25) is 10.1 Å². The summed E-state index contributed by atoms with van der Waals surface area (Å²) in [4.78, 5) is 13.6. The smallest absolute Gasteiger partial charge is 0.349 e. The van der Waals surface area contributed by atoms with Crippen LogP contribution in [0.15, 0.2) is 6.07 Å². The highest BCUT2D eigenvalue weighted by Crippen LogP contribution is 2.44. The van der Waals surface area contributed by atoms with E-state index in [9.17, 15) is 10.1 Å². The minimum absolute atomic E-state index is 0.0263. The fraction of sp³-hybridized carbons (Fsp3) is 0.300. The van der Waals surface area contributed by atoms with Crippen molar-refractivity contribution in [3.8, 4) is 11.5 Å². The fourth-order valence-electron chi connectivity index (χ4n) is 1.40. The van der Waals surface area contributed by atoms with Crippen molar-refractivity contribution in [2.24, 2.45) is 0 Å². The molecule has 0 atom stereocenters. The average molecular weight is 222 g/mol. The van der Waals surface area contributed by atoms with Crippen LogP contribution in [0.4, 0.5) is 11.4 Å². The van der Waals surface area contributed by atoms with Crippen molar-refractivity contribution in [1.29, 1.82) is 0 Å². The van der Waals surface area contributed by atoms with Gasteiger partial charge >= 0.3 is 5.69 Å². The van der Waals surface area contributed by atoms with Gasteiger partial charge in [-0.1, -0.05) is 0 Å². The van der Waals surface area contributed by atoms with E-state index in [1.165, 1.54) is 20.3 Å². The molecule has 0 fully saturated rings. The van der Waals surface area contributed by atoms with Crippen molar-refractivity contribution in [1.82, 2.24) is 0 Å². The van der Waals surface area contributed by atoms with Crippen molar-refractivity contribution in [2.75, 3.05) is 14.2 Å². The molecule has 0 aliphatic heterocycles. The van der Waals surface area contributed by atoms with Crippen molar-refractivity contribution >= 4 is 11.4 Å². The van der Waals surface area contributed by atoms with E-state index >= 15 is 0 Å². The largest absolute Gasteiger partial charge is 0.491 e. The molecule has 0 radical (unpaired) electrons. The van der Waals surface area contributed by atoms with Crippen molar-refractivity contribution in [3.05, 3.63) is 33.2 Å². The second-order valence-corrected chi connectivity index (χ2v) is 2.97. The van der Waals surface area contributed by atoms with Crippen molar-refractivity contribution in [3.63, 3.8) is 0 Å². The Balaban J connectivity index is 3.65. The molecule has 6 nitrogen and oxygen atoms in total. The first-order valence-corrected chi connectivity index (χ1v) is 4.34. The summed E-state index contributed by atoms with van der Waals surface area (Å²) in [5.74, 6) is 0.0915. The lowest BCUT2D eigenvalue weighted by atomic mass is 10.1. The van der Waals surface area contributed by atoms with E-state index < -0.39 is 4.92 Å². The molecule has 0 unspecified atom stereocenters. The molecule has 0 aromatic heterocycles. The molecular weight excluding hydrogens is 212 g/mol. The Kier molecular flexibility index (Phi) is 3.30. The van der Waals surface area contributed by atoms with Crippen LogP contribution in [0.25, 0.3) is 4.85 Å². The van der Waals surface area contributed by atoms with E-state index in [0.29, 0.717) is 5.56 Å². The number of rotatable bonds is 3. The monoisotopic (exact) mass is 222 g/mol. The fourth-order valence-corrected chi connectivity index (χ4v) is 1.40. The Morgan fingerprint density at radius 1 is 1.44 bits per heavy atom. The van der Waals surface area contributed by atoms with Crippen LogP contribution in [0.3, 0.4) is 0 Å². The molecule has 1 aromatic carbocycles. The molecular formula is C10H10N2O4. The van der Waals surface area contributed by atoms with Crippen LogP contribution in [0.5, 0.6) is 11.5 Å². The minimum Gasteiger partial charge on any atom is -0.491 e. The van der Waals surface area contributed by atoms with E-state index in [0.717, 1.165) is 0 Å². The zero-order valence-corrected chi connectivity index (χ0v) is 9.10. The maximum Gasteiger partial charge on any atom is 0.349 e. The van der Waals surface area contributed by atoms with Crippen LogP contribution in [-0.2, 0) is 0 Å². The van der Waals surface area contributed by atoms with Crippen molar-refractivity contribution in [2.45, 2.75) is 6.92 Å². The van der Waals surface area contributed by atoms with Gasteiger partial charge in [0.15, 0.2) is 17.2 Å². The Hall–Kier alpha value is -2.29. The zero-order valence-electron chi connectivity index (χ0n) is 9.10. The SMILES string of the molecule is [C-]#[N+]c1cc(OC)c([N+](=O)[O-])c(OC)c1C. The third kappa shape index (κ3) is 1.75. The molecule has 0 aliphatic rings. The first kappa shape index (κ1) is 11.8. The van der Waals surface area contributed by atoms with Crippen molar-refractivity contribution < 1.29 is 14.4 Å². The lowest BCUT2D eigenvalue weighted by molar-refractivity contribution is -0.386. The normalized spacial score (nSPS) is 9.38. The van der Waals surface area contributed by atoms with E-state index in [1.807, 2.05) is 0 Å². The molecule has 0 saturated carbocycles. The molecule has 0 saturated heterocycles. The molecule has 6 heteroatoms. The predicted octanol–water partition coefficient (Wildman–Crippen LogP) is 2.47. The molecule has 1 rings (SSSR count). The molecule has 16 heavy (non-hydrogen) atoms. The number of ether oxygens (including phenoxy) is 2. The van der Waals surface area contributed by atoms with Gasteiger partial charge in [0.2, 0.25) is 0 Å². The topological polar surface area (TPSA) is 66.0 Å². The first-order chi connectivity index (χ1) is 7.56. The number of hydrogen-bond donors (Lipinski definition) is 0. The highest BCUT2D eigenvalue weighted by atomic mass is 16.6. The number of benzene rings is 1. The van der Waals surface area contributed by atoms with Crippen LogP contribution < -0.4 is 9.47 Å². The number of methoxy groups -OCH3 is 2. The van der Waals surface area contributed by atoms with Crippen LogP contribution in [0.1, 0.15) is 5.56 Å². The van der Waals surface area contributed by atoms with Crippen LogP contribution in [0.2, 0.25) is 0 Å². The predicted molar refractivity (Wildman–Crippen MR) is 57.2 cm³/mol. The van der Waals surface area contributed by atoms with Crippen LogP contribution in [-0.4, -0.2) is 19.1 Å². The molecule has 0 spiro atoms. The Morgan fingerprint density at radius 2 is 2.06 bits per heavy atom. The van der Waals surface area contributed by atoms with Crippen LogP contribution >= 0.6 is 0 Å². The molecule has 0 heterocycles. The van der Waals surface area contributed by atoms with Gasteiger partial charge in [-0.15, -0.1) is 0 Å². The zero-order chi connectivity index (χ0) is 12.3. The molecule has 0 N–H and O–H groups in total. The maximum atomic E-state index is 10.9. The third-order valence-electron chi connectivity index (χ3n) is 2.17. The molecule has 0 aliphatic carbocycles. The lowest BCUT2D eigenvalue weighted by Gasteiger charge is -2.10. The number of nitrogens with zero attached hydrogens (tertiary/aromatic N) is 2. The quantitative estimate of drug-likeness (QED) is 0.447. The van der Waals surface area contributed by atoms with Gasteiger partial charge in [-0.2, -0.15) is 0 Å². The summed E-state index contributed by atoms with van der Waals surface area (Å²) in [5, 5.41) is 10.9. The summed E-state index contributed by atoms with van der Waals surface area (Å²) in [5.41, 5.74) is 0.458. The van der Waals surface area contributed by atoms with E-state index in [1.54, 1.807) is 6.92 Å². The Bertz CT molecular complexity index is 477.